The highest BCUT2D eigenvalue weighted by molar-refractivity contribution is 9.10. The van der Waals surface area contributed by atoms with E-state index in [9.17, 15) is 0 Å². The Morgan fingerprint density at radius 3 is 2.50 bits per heavy atom. The van der Waals surface area contributed by atoms with Crippen LogP contribution in [0.5, 0.6) is 0 Å². The summed E-state index contributed by atoms with van der Waals surface area (Å²) in [4.78, 5) is 0. The first kappa shape index (κ1) is 5.83. The van der Waals surface area contributed by atoms with Gasteiger partial charge in [0, 0.05) is 4.47 Å². The first-order valence-corrected chi connectivity index (χ1v) is 3.09. The van der Waals surface area contributed by atoms with Crippen LogP contribution in [0.1, 0.15) is 5.56 Å². The van der Waals surface area contributed by atoms with E-state index in [1.807, 2.05) is 24.3 Å². The molecular weight excluding hydrogens is 164 g/mol. The third kappa shape index (κ3) is 1.34. The van der Waals surface area contributed by atoms with Crippen molar-refractivity contribution in [2.45, 2.75) is 0 Å². The first-order chi connectivity index (χ1) is 3.79. The molecule has 0 atom stereocenters. The average Bonchev–Trinajstić information content (AvgIpc) is 1.64. The number of hydrogen-bond acceptors (Lipinski definition) is 0. The van der Waals surface area contributed by atoms with E-state index < -0.39 is 0 Å². The highest BCUT2D eigenvalue weighted by Gasteiger charge is 1.82. The van der Waals surface area contributed by atoms with E-state index in [4.69, 9.17) is 6.92 Å². The van der Waals surface area contributed by atoms with E-state index in [0.29, 0.717) is 0 Å². The van der Waals surface area contributed by atoms with Gasteiger partial charge in [-0.25, -0.2) is 0 Å². The van der Waals surface area contributed by atoms with Crippen molar-refractivity contribution in [3.63, 3.8) is 0 Å². The van der Waals surface area contributed by atoms with Gasteiger partial charge in [-0.3, -0.25) is 0 Å². The van der Waals surface area contributed by atoms with Crippen LogP contribution in [-0.2, 0) is 0 Å². The van der Waals surface area contributed by atoms with Crippen LogP contribution in [0.15, 0.2) is 28.7 Å². The number of halogens is 1. The van der Waals surface area contributed by atoms with Gasteiger partial charge in [0.15, 0.2) is 0 Å². The molecule has 1 aromatic carbocycles. The van der Waals surface area contributed by atoms with Gasteiger partial charge in [0.05, 0.1) is 0 Å². The monoisotopic (exact) mass is 168 g/mol. The quantitative estimate of drug-likeness (QED) is 0.559. The molecule has 1 aromatic rings. The van der Waals surface area contributed by atoms with Gasteiger partial charge >= 0.3 is 0 Å². The SMILES string of the molecule is [CH]c1cccc(Br)c1. The molecule has 0 heterocycles. The predicted octanol–water partition coefficient (Wildman–Crippen LogP) is 2.51. The van der Waals surface area contributed by atoms with E-state index in [1.54, 1.807) is 0 Å². The molecule has 0 aromatic heterocycles. The van der Waals surface area contributed by atoms with Crippen molar-refractivity contribution in [1.82, 2.24) is 0 Å². The molecular formula is C7H5Br. The van der Waals surface area contributed by atoms with Gasteiger partial charge in [0.2, 0.25) is 0 Å². The zero-order valence-electron chi connectivity index (χ0n) is 4.26. The van der Waals surface area contributed by atoms with Gasteiger partial charge in [-0.15, -0.1) is 0 Å². The highest BCUT2D eigenvalue weighted by Crippen LogP contribution is 2.09. The largest absolute Gasteiger partial charge is 0.0609 e. The van der Waals surface area contributed by atoms with Crippen molar-refractivity contribution in [2.75, 3.05) is 0 Å². The minimum absolute atomic E-state index is 0.791. The molecule has 40 valence electrons. The Morgan fingerprint density at radius 1 is 1.38 bits per heavy atom. The van der Waals surface area contributed by atoms with Crippen molar-refractivity contribution in [2.24, 2.45) is 0 Å². The third-order valence-corrected chi connectivity index (χ3v) is 1.34. The maximum Gasteiger partial charge on any atom is 0.0178 e. The average molecular weight is 169 g/mol. The molecule has 0 amide bonds. The minimum Gasteiger partial charge on any atom is -0.0609 e. The zero-order valence-corrected chi connectivity index (χ0v) is 5.85. The van der Waals surface area contributed by atoms with Crippen LogP contribution in [-0.4, -0.2) is 0 Å². The summed E-state index contributed by atoms with van der Waals surface area (Å²) < 4.78 is 1.03. The van der Waals surface area contributed by atoms with Crippen molar-refractivity contribution in [1.29, 1.82) is 0 Å². The second-order valence-electron chi connectivity index (χ2n) is 1.56. The fourth-order valence-corrected chi connectivity index (χ4v) is 0.924. The van der Waals surface area contributed by atoms with Gasteiger partial charge in [0.25, 0.3) is 0 Å². The maximum absolute atomic E-state index is 5.43. The van der Waals surface area contributed by atoms with Crippen LogP contribution in [0.4, 0.5) is 0 Å². The maximum atomic E-state index is 5.43. The molecule has 0 fully saturated rings. The predicted molar refractivity (Wildman–Crippen MR) is 37.5 cm³/mol. The Labute approximate surface area is 57.7 Å². The fraction of sp³-hybridized carbons (Fsp3) is 0. The van der Waals surface area contributed by atoms with E-state index in [0.717, 1.165) is 10.0 Å². The topological polar surface area (TPSA) is 0 Å². The van der Waals surface area contributed by atoms with Crippen molar-refractivity contribution < 1.29 is 0 Å². The molecule has 0 bridgehead atoms. The summed E-state index contributed by atoms with van der Waals surface area (Å²) >= 11 is 3.28. The number of hydrogen-bond donors (Lipinski definition) is 0. The normalized spacial score (nSPS) is 9.25. The van der Waals surface area contributed by atoms with Crippen LogP contribution in [0, 0.1) is 6.92 Å². The van der Waals surface area contributed by atoms with Gasteiger partial charge in [-0.2, -0.15) is 0 Å². The summed E-state index contributed by atoms with van der Waals surface area (Å²) in [6.07, 6.45) is 0. The molecule has 0 aliphatic carbocycles. The Balaban J connectivity index is 3.08. The standard InChI is InChI=1S/C7H5Br/c1-6-3-2-4-7(8)5-6/h1-5H. The van der Waals surface area contributed by atoms with Crippen LogP contribution in [0.2, 0.25) is 0 Å². The van der Waals surface area contributed by atoms with E-state index in [2.05, 4.69) is 15.9 Å². The lowest BCUT2D eigenvalue weighted by Gasteiger charge is -1.88. The second-order valence-corrected chi connectivity index (χ2v) is 2.47. The van der Waals surface area contributed by atoms with Gasteiger partial charge in [-0.1, -0.05) is 28.1 Å². The van der Waals surface area contributed by atoms with E-state index in [-0.39, 0.29) is 0 Å². The summed E-state index contributed by atoms with van der Waals surface area (Å²) in [6, 6.07) is 7.56. The van der Waals surface area contributed by atoms with Gasteiger partial charge < -0.3 is 0 Å². The summed E-state index contributed by atoms with van der Waals surface area (Å²) in [5, 5.41) is 0. The molecule has 0 unspecified atom stereocenters. The molecule has 0 saturated carbocycles. The minimum atomic E-state index is 0.791. The van der Waals surface area contributed by atoms with E-state index >= 15 is 0 Å². The second kappa shape index (κ2) is 2.31. The van der Waals surface area contributed by atoms with Crippen molar-refractivity contribution in [3.8, 4) is 0 Å². The van der Waals surface area contributed by atoms with Crippen molar-refractivity contribution >= 4 is 15.9 Å². The van der Waals surface area contributed by atoms with Gasteiger partial charge in [-0.05, 0) is 24.6 Å². The molecule has 0 saturated heterocycles. The first-order valence-electron chi connectivity index (χ1n) is 2.30. The molecule has 2 radical (unpaired) electrons. The summed E-state index contributed by atoms with van der Waals surface area (Å²) in [5.41, 5.74) is 0.791. The van der Waals surface area contributed by atoms with Crippen LogP contribution in [0.25, 0.3) is 0 Å². The molecule has 8 heavy (non-hydrogen) atoms. The van der Waals surface area contributed by atoms with Crippen LogP contribution in [0.3, 0.4) is 0 Å². The van der Waals surface area contributed by atoms with Crippen LogP contribution >= 0.6 is 15.9 Å². The summed E-state index contributed by atoms with van der Waals surface area (Å²) in [6.45, 7) is 5.43. The lowest BCUT2D eigenvalue weighted by Crippen LogP contribution is -1.67. The Hall–Kier alpha value is -0.300. The molecule has 0 N–H and O–H groups in total. The molecule has 0 aliphatic heterocycles. The Morgan fingerprint density at radius 2 is 2.12 bits per heavy atom. The smallest absolute Gasteiger partial charge is 0.0178 e. The molecule has 1 heteroatoms. The molecule has 0 nitrogen and oxygen atoms in total. The van der Waals surface area contributed by atoms with E-state index in [1.165, 1.54) is 0 Å². The molecule has 1 rings (SSSR count). The lowest BCUT2D eigenvalue weighted by molar-refractivity contribution is 1.57. The number of benzene rings is 1. The Bertz CT molecular complexity index is 164. The fourth-order valence-electron chi connectivity index (χ4n) is 0.507. The molecule has 0 spiro atoms. The Kier molecular flexibility index (Phi) is 1.69. The molecule has 0 aliphatic rings. The lowest BCUT2D eigenvalue weighted by atomic mass is 10.2. The highest BCUT2D eigenvalue weighted by atomic mass is 79.9. The zero-order chi connectivity index (χ0) is 5.98. The van der Waals surface area contributed by atoms with Gasteiger partial charge in [0.1, 0.15) is 0 Å². The van der Waals surface area contributed by atoms with Crippen molar-refractivity contribution in [3.05, 3.63) is 41.2 Å². The summed E-state index contributed by atoms with van der Waals surface area (Å²) in [7, 11) is 0. The van der Waals surface area contributed by atoms with Crippen LogP contribution < -0.4 is 0 Å². The summed E-state index contributed by atoms with van der Waals surface area (Å²) in [5.74, 6) is 0. The third-order valence-electron chi connectivity index (χ3n) is 0.849. The number of rotatable bonds is 0.